The molecule has 5 heteroatoms. The third kappa shape index (κ3) is 3.37. The summed E-state index contributed by atoms with van der Waals surface area (Å²) in [5, 5.41) is 5.50. The minimum atomic E-state index is -0.939. The van der Waals surface area contributed by atoms with Crippen LogP contribution in [0.5, 0.6) is 0 Å². The molecule has 0 amide bonds. The SMILES string of the molecule is C=CN=C(C)N(N=C)c1ccc(S(=O)CC)cc1. The van der Waals surface area contributed by atoms with Crippen LogP contribution < -0.4 is 5.01 Å². The van der Waals surface area contributed by atoms with Gasteiger partial charge in [0.15, 0.2) is 0 Å². The number of hydrazone groups is 1. The summed E-state index contributed by atoms with van der Waals surface area (Å²) in [6.07, 6.45) is 1.45. The Morgan fingerprint density at radius 1 is 1.44 bits per heavy atom. The summed E-state index contributed by atoms with van der Waals surface area (Å²) in [5.41, 5.74) is 0.824. The van der Waals surface area contributed by atoms with E-state index in [1.807, 2.05) is 38.1 Å². The van der Waals surface area contributed by atoms with Gasteiger partial charge < -0.3 is 0 Å². The van der Waals surface area contributed by atoms with Crippen LogP contribution in [-0.2, 0) is 10.8 Å². The van der Waals surface area contributed by atoms with Crippen molar-refractivity contribution in [1.29, 1.82) is 0 Å². The van der Waals surface area contributed by atoms with Crippen molar-refractivity contribution >= 4 is 29.0 Å². The lowest BCUT2D eigenvalue weighted by molar-refractivity contribution is 0.684. The summed E-state index contributed by atoms with van der Waals surface area (Å²) in [6.45, 7) is 10.8. The predicted octanol–water partition coefficient (Wildman–Crippen LogP) is 2.80. The molecular formula is C13H17N3OS. The number of aliphatic imine (C=N–C) groups is 1. The Balaban J connectivity index is 3.02. The van der Waals surface area contributed by atoms with Crippen molar-refractivity contribution in [3.63, 3.8) is 0 Å². The third-order valence-electron chi connectivity index (χ3n) is 2.33. The highest BCUT2D eigenvalue weighted by Crippen LogP contribution is 2.18. The van der Waals surface area contributed by atoms with E-state index in [-0.39, 0.29) is 0 Å². The highest BCUT2D eigenvalue weighted by atomic mass is 32.2. The molecular weight excluding hydrogens is 246 g/mol. The first-order valence-corrected chi connectivity index (χ1v) is 6.86. The molecule has 1 aromatic carbocycles. The number of hydrogen-bond donors (Lipinski definition) is 0. The van der Waals surface area contributed by atoms with Crippen LogP contribution in [0.1, 0.15) is 13.8 Å². The van der Waals surface area contributed by atoms with E-state index in [2.05, 4.69) is 23.4 Å². The topological polar surface area (TPSA) is 45.0 Å². The summed E-state index contributed by atoms with van der Waals surface area (Å²) in [6, 6.07) is 7.35. The van der Waals surface area contributed by atoms with Crippen molar-refractivity contribution in [2.75, 3.05) is 10.8 Å². The molecule has 1 atom stereocenters. The van der Waals surface area contributed by atoms with Crippen LogP contribution >= 0.6 is 0 Å². The van der Waals surface area contributed by atoms with Gasteiger partial charge in [0, 0.05) is 23.6 Å². The average molecular weight is 263 g/mol. The molecule has 1 aromatic rings. The second-order valence-electron chi connectivity index (χ2n) is 3.44. The van der Waals surface area contributed by atoms with Crippen molar-refractivity contribution in [3.05, 3.63) is 37.0 Å². The van der Waals surface area contributed by atoms with E-state index in [9.17, 15) is 4.21 Å². The summed E-state index contributed by atoms with van der Waals surface area (Å²) in [4.78, 5) is 4.87. The van der Waals surface area contributed by atoms with E-state index in [1.165, 1.54) is 6.20 Å². The van der Waals surface area contributed by atoms with E-state index in [4.69, 9.17) is 0 Å². The van der Waals surface area contributed by atoms with Gasteiger partial charge in [-0.05, 0) is 31.2 Å². The van der Waals surface area contributed by atoms with E-state index in [0.29, 0.717) is 11.6 Å². The molecule has 0 heterocycles. The van der Waals surface area contributed by atoms with Crippen molar-refractivity contribution in [3.8, 4) is 0 Å². The Hall–Kier alpha value is -1.75. The first kappa shape index (κ1) is 14.3. The third-order valence-corrected chi connectivity index (χ3v) is 3.65. The Morgan fingerprint density at radius 2 is 2.06 bits per heavy atom. The van der Waals surface area contributed by atoms with Gasteiger partial charge in [-0.15, -0.1) is 0 Å². The Labute approximate surface area is 110 Å². The number of rotatable bonds is 5. The average Bonchev–Trinajstić information content (AvgIpc) is 2.40. The summed E-state index contributed by atoms with van der Waals surface area (Å²) >= 11 is 0. The molecule has 0 radical (unpaired) electrons. The van der Waals surface area contributed by atoms with Crippen LogP contribution in [0.25, 0.3) is 0 Å². The maximum Gasteiger partial charge on any atom is 0.127 e. The maximum atomic E-state index is 11.6. The number of nitrogens with zero attached hydrogens (tertiary/aromatic N) is 3. The van der Waals surface area contributed by atoms with Crippen LogP contribution in [-0.4, -0.2) is 22.5 Å². The fraction of sp³-hybridized carbons (Fsp3) is 0.231. The lowest BCUT2D eigenvalue weighted by Crippen LogP contribution is -2.21. The lowest BCUT2D eigenvalue weighted by Gasteiger charge is -2.17. The van der Waals surface area contributed by atoms with Gasteiger partial charge >= 0.3 is 0 Å². The Bertz CT molecular complexity index is 480. The molecule has 1 rings (SSSR count). The molecule has 0 aromatic heterocycles. The molecule has 4 nitrogen and oxygen atoms in total. The zero-order valence-corrected chi connectivity index (χ0v) is 11.5. The Morgan fingerprint density at radius 3 is 2.50 bits per heavy atom. The van der Waals surface area contributed by atoms with Gasteiger partial charge in [0.25, 0.3) is 0 Å². The van der Waals surface area contributed by atoms with E-state index in [1.54, 1.807) is 5.01 Å². The summed E-state index contributed by atoms with van der Waals surface area (Å²) < 4.78 is 11.6. The summed E-state index contributed by atoms with van der Waals surface area (Å²) in [7, 11) is -0.939. The van der Waals surface area contributed by atoms with Crippen molar-refractivity contribution in [2.24, 2.45) is 10.1 Å². The van der Waals surface area contributed by atoms with Crippen molar-refractivity contribution in [2.45, 2.75) is 18.7 Å². The van der Waals surface area contributed by atoms with Crippen LogP contribution in [0.3, 0.4) is 0 Å². The van der Waals surface area contributed by atoms with Gasteiger partial charge in [0.05, 0.1) is 16.5 Å². The number of amidine groups is 1. The first-order chi connectivity index (χ1) is 8.63. The van der Waals surface area contributed by atoms with Crippen LogP contribution in [0.15, 0.2) is 52.0 Å². The van der Waals surface area contributed by atoms with E-state index < -0.39 is 10.8 Å². The molecule has 0 bridgehead atoms. The highest BCUT2D eigenvalue weighted by Gasteiger charge is 2.08. The van der Waals surface area contributed by atoms with Crippen molar-refractivity contribution < 1.29 is 4.21 Å². The molecule has 1 unspecified atom stereocenters. The quantitative estimate of drug-likeness (QED) is 0.466. The van der Waals surface area contributed by atoms with Gasteiger partial charge in [0.1, 0.15) is 5.84 Å². The standard InChI is InChI=1S/C13H17N3OS/c1-5-15-11(3)16(14-4)12-7-9-13(10-8-12)18(17)6-2/h5,7-10H,1,4,6H2,2-3H3. The molecule has 96 valence electrons. The predicted molar refractivity (Wildman–Crippen MR) is 78.7 cm³/mol. The van der Waals surface area contributed by atoms with Crippen LogP contribution in [0.2, 0.25) is 0 Å². The molecule has 0 N–H and O–H groups in total. The molecule has 0 aliphatic rings. The molecule has 18 heavy (non-hydrogen) atoms. The molecule has 0 saturated heterocycles. The second-order valence-corrected chi connectivity index (χ2v) is 5.18. The van der Waals surface area contributed by atoms with Crippen molar-refractivity contribution in [1.82, 2.24) is 0 Å². The molecule has 0 aliphatic heterocycles. The van der Waals surface area contributed by atoms with Crippen LogP contribution in [0.4, 0.5) is 5.69 Å². The van der Waals surface area contributed by atoms with Gasteiger partial charge in [0.2, 0.25) is 0 Å². The minimum Gasteiger partial charge on any atom is -0.254 e. The monoisotopic (exact) mass is 263 g/mol. The number of benzene rings is 1. The second kappa shape index (κ2) is 6.86. The van der Waals surface area contributed by atoms with Gasteiger partial charge in [-0.25, -0.2) is 10.0 Å². The smallest absolute Gasteiger partial charge is 0.127 e. The minimum absolute atomic E-state index is 0.611. The zero-order chi connectivity index (χ0) is 13.5. The zero-order valence-electron chi connectivity index (χ0n) is 10.7. The van der Waals surface area contributed by atoms with Gasteiger partial charge in [-0.1, -0.05) is 13.5 Å². The number of anilines is 1. The maximum absolute atomic E-state index is 11.6. The normalized spacial score (nSPS) is 12.9. The fourth-order valence-electron chi connectivity index (χ4n) is 1.46. The molecule has 0 spiro atoms. The fourth-order valence-corrected chi connectivity index (χ4v) is 2.24. The first-order valence-electron chi connectivity index (χ1n) is 5.54. The van der Waals surface area contributed by atoms with Crippen LogP contribution in [0, 0.1) is 0 Å². The highest BCUT2D eigenvalue weighted by molar-refractivity contribution is 7.85. The number of hydrogen-bond acceptors (Lipinski definition) is 3. The van der Waals surface area contributed by atoms with E-state index in [0.717, 1.165) is 10.6 Å². The largest absolute Gasteiger partial charge is 0.254 e. The molecule has 0 fully saturated rings. The molecule has 0 aliphatic carbocycles. The van der Waals surface area contributed by atoms with Gasteiger partial charge in [-0.3, -0.25) is 4.21 Å². The summed E-state index contributed by atoms with van der Waals surface area (Å²) in [5.74, 6) is 1.28. The lowest BCUT2D eigenvalue weighted by atomic mass is 10.3. The Kier molecular flexibility index (Phi) is 5.45. The van der Waals surface area contributed by atoms with E-state index >= 15 is 0 Å². The van der Waals surface area contributed by atoms with Gasteiger partial charge in [-0.2, -0.15) is 5.10 Å². The molecule has 0 saturated carbocycles.